The van der Waals surface area contributed by atoms with Crippen LogP contribution in [0, 0.1) is 6.92 Å². The first-order valence-electron chi connectivity index (χ1n) is 6.05. The highest BCUT2D eigenvalue weighted by molar-refractivity contribution is 5.94. The molecule has 2 aromatic heterocycles. The van der Waals surface area contributed by atoms with Crippen LogP contribution in [0.3, 0.4) is 0 Å². The standard InChI is InChI=1S/C13H16N4O2/c1-3-10-5-9(6-12(14)16-10)13(18)15-7-11-4-8(2)17-19-11/h4-6H,3,7H2,1-2H3,(H2,14,16)(H,15,18). The molecule has 0 aliphatic rings. The molecule has 0 atom stereocenters. The second kappa shape index (κ2) is 5.51. The predicted octanol–water partition coefficient (Wildman–Crippen LogP) is 1.45. The van der Waals surface area contributed by atoms with Crippen LogP contribution in [0.2, 0.25) is 0 Å². The Labute approximate surface area is 111 Å². The van der Waals surface area contributed by atoms with Crippen molar-refractivity contribution in [2.45, 2.75) is 26.8 Å². The van der Waals surface area contributed by atoms with Crippen molar-refractivity contribution in [2.24, 2.45) is 0 Å². The molecule has 2 rings (SSSR count). The van der Waals surface area contributed by atoms with Crippen LogP contribution in [0.1, 0.15) is 34.4 Å². The Morgan fingerprint density at radius 3 is 2.84 bits per heavy atom. The summed E-state index contributed by atoms with van der Waals surface area (Å²) >= 11 is 0. The van der Waals surface area contributed by atoms with E-state index in [9.17, 15) is 4.79 Å². The molecule has 3 N–H and O–H groups in total. The molecular formula is C13H16N4O2. The number of rotatable bonds is 4. The van der Waals surface area contributed by atoms with Crippen LogP contribution in [0.4, 0.5) is 5.82 Å². The van der Waals surface area contributed by atoms with Crippen molar-refractivity contribution in [1.29, 1.82) is 0 Å². The Balaban J connectivity index is 2.05. The zero-order valence-corrected chi connectivity index (χ0v) is 10.9. The minimum Gasteiger partial charge on any atom is -0.384 e. The summed E-state index contributed by atoms with van der Waals surface area (Å²) in [4.78, 5) is 16.1. The van der Waals surface area contributed by atoms with Gasteiger partial charge in [0.1, 0.15) is 5.82 Å². The SMILES string of the molecule is CCc1cc(C(=O)NCc2cc(C)no2)cc(N)n1. The number of pyridine rings is 1. The van der Waals surface area contributed by atoms with Gasteiger partial charge in [-0.1, -0.05) is 12.1 Å². The third-order valence-corrected chi connectivity index (χ3v) is 2.62. The lowest BCUT2D eigenvalue weighted by molar-refractivity contribution is 0.0947. The second-order valence-electron chi connectivity index (χ2n) is 4.24. The van der Waals surface area contributed by atoms with Gasteiger partial charge in [0, 0.05) is 17.3 Å². The van der Waals surface area contributed by atoms with Gasteiger partial charge in [-0.2, -0.15) is 0 Å². The third kappa shape index (κ3) is 3.31. The Kier molecular flexibility index (Phi) is 3.79. The van der Waals surface area contributed by atoms with E-state index >= 15 is 0 Å². The average molecular weight is 260 g/mol. The number of hydrogen-bond acceptors (Lipinski definition) is 5. The molecule has 0 aliphatic carbocycles. The number of aromatic nitrogens is 2. The number of carbonyl (C=O) groups is 1. The summed E-state index contributed by atoms with van der Waals surface area (Å²) in [5.41, 5.74) is 7.74. The summed E-state index contributed by atoms with van der Waals surface area (Å²) in [6, 6.07) is 5.07. The first kappa shape index (κ1) is 13.1. The fraction of sp³-hybridized carbons (Fsp3) is 0.308. The second-order valence-corrected chi connectivity index (χ2v) is 4.24. The van der Waals surface area contributed by atoms with Crippen molar-refractivity contribution in [3.8, 4) is 0 Å². The maximum Gasteiger partial charge on any atom is 0.251 e. The maximum absolute atomic E-state index is 12.0. The van der Waals surface area contributed by atoms with Gasteiger partial charge in [-0.25, -0.2) is 4.98 Å². The summed E-state index contributed by atoms with van der Waals surface area (Å²) in [5.74, 6) is 0.751. The molecule has 6 heteroatoms. The summed E-state index contributed by atoms with van der Waals surface area (Å²) in [7, 11) is 0. The predicted molar refractivity (Wildman–Crippen MR) is 70.4 cm³/mol. The highest BCUT2D eigenvalue weighted by atomic mass is 16.5. The first-order chi connectivity index (χ1) is 9.08. The largest absolute Gasteiger partial charge is 0.384 e. The van der Waals surface area contributed by atoms with Gasteiger partial charge in [0.2, 0.25) is 0 Å². The van der Waals surface area contributed by atoms with E-state index < -0.39 is 0 Å². The van der Waals surface area contributed by atoms with Gasteiger partial charge in [-0.05, 0) is 25.5 Å². The van der Waals surface area contributed by atoms with Crippen LogP contribution >= 0.6 is 0 Å². The molecule has 19 heavy (non-hydrogen) atoms. The summed E-state index contributed by atoms with van der Waals surface area (Å²) in [6.07, 6.45) is 0.729. The normalized spacial score (nSPS) is 10.4. The number of amides is 1. The Morgan fingerprint density at radius 2 is 2.21 bits per heavy atom. The molecule has 2 aromatic rings. The number of carbonyl (C=O) groups excluding carboxylic acids is 1. The molecule has 0 fully saturated rings. The number of nitrogens with zero attached hydrogens (tertiary/aromatic N) is 2. The van der Waals surface area contributed by atoms with Crippen LogP contribution in [0.5, 0.6) is 0 Å². The molecule has 6 nitrogen and oxygen atoms in total. The topological polar surface area (TPSA) is 94.0 Å². The molecule has 0 aromatic carbocycles. The number of hydrogen-bond donors (Lipinski definition) is 2. The van der Waals surface area contributed by atoms with Crippen molar-refractivity contribution in [2.75, 3.05) is 5.73 Å². The Bertz CT molecular complexity index is 592. The zero-order valence-electron chi connectivity index (χ0n) is 10.9. The van der Waals surface area contributed by atoms with Crippen molar-refractivity contribution in [3.63, 3.8) is 0 Å². The molecule has 1 amide bonds. The van der Waals surface area contributed by atoms with Gasteiger partial charge in [0.25, 0.3) is 5.91 Å². The molecule has 0 bridgehead atoms. The fourth-order valence-corrected chi connectivity index (χ4v) is 1.69. The van der Waals surface area contributed by atoms with Crippen molar-refractivity contribution >= 4 is 11.7 Å². The molecule has 0 saturated heterocycles. The third-order valence-electron chi connectivity index (χ3n) is 2.62. The lowest BCUT2D eigenvalue weighted by atomic mass is 10.2. The van der Waals surface area contributed by atoms with E-state index in [0.717, 1.165) is 17.8 Å². The van der Waals surface area contributed by atoms with Crippen LogP contribution in [-0.4, -0.2) is 16.0 Å². The van der Waals surface area contributed by atoms with E-state index in [1.165, 1.54) is 0 Å². The molecule has 0 radical (unpaired) electrons. The van der Waals surface area contributed by atoms with E-state index in [4.69, 9.17) is 10.3 Å². The molecule has 100 valence electrons. The summed E-state index contributed by atoms with van der Waals surface area (Å²) in [5, 5.41) is 6.50. The number of anilines is 1. The molecule has 2 heterocycles. The van der Waals surface area contributed by atoms with E-state index in [1.807, 2.05) is 13.8 Å². The van der Waals surface area contributed by atoms with Crippen LogP contribution in [-0.2, 0) is 13.0 Å². The quantitative estimate of drug-likeness (QED) is 0.867. The minimum atomic E-state index is -0.210. The fourth-order valence-electron chi connectivity index (χ4n) is 1.69. The van der Waals surface area contributed by atoms with E-state index in [0.29, 0.717) is 23.7 Å². The van der Waals surface area contributed by atoms with Crippen molar-refractivity contribution in [3.05, 3.63) is 40.9 Å². The number of nitrogen functional groups attached to an aromatic ring is 1. The van der Waals surface area contributed by atoms with Gasteiger partial charge < -0.3 is 15.6 Å². The lowest BCUT2D eigenvalue weighted by Gasteiger charge is -2.05. The Hall–Kier alpha value is -2.37. The first-order valence-corrected chi connectivity index (χ1v) is 6.05. The van der Waals surface area contributed by atoms with Crippen LogP contribution < -0.4 is 11.1 Å². The molecule has 0 saturated carbocycles. The van der Waals surface area contributed by atoms with Gasteiger partial charge in [0.15, 0.2) is 5.76 Å². The highest BCUT2D eigenvalue weighted by Gasteiger charge is 2.09. The molecule has 0 unspecified atom stereocenters. The molecule has 0 aliphatic heterocycles. The highest BCUT2D eigenvalue weighted by Crippen LogP contribution is 2.09. The molecular weight excluding hydrogens is 244 g/mol. The van der Waals surface area contributed by atoms with E-state index in [2.05, 4.69) is 15.5 Å². The lowest BCUT2D eigenvalue weighted by Crippen LogP contribution is -2.23. The van der Waals surface area contributed by atoms with Crippen molar-refractivity contribution < 1.29 is 9.32 Å². The number of nitrogens with one attached hydrogen (secondary N) is 1. The zero-order chi connectivity index (χ0) is 13.8. The van der Waals surface area contributed by atoms with Gasteiger partial charge in [-0.15, -0.1) is 0 Å². The van der Waals surface area contributed by atoms with Crippen molar-refractivity contribution in [1.82, 2.24) is 15.5 Å². The van der Waals surface area contributed by atoms with E-state index in [-0.39, 0.29) is 5.91 Å². The maximum atomic E-state index is 12.0. The van der Waals surface area contributed by atoms with E-state index in [1.54, 1.807) is 18.2 Å². The number of nitrogens with two attached hydrogens (primary N) is 1. The van der Waals surface area contributed by atoms with Crippen LogP contribution in [0.25, 0.3) is 0 Å². The Morgan fingerprint density at radius 1 is 1.42 bits per heavy atom. The van der Waals surface area contributed by atoms with Gasteiger partial charge >= 0.3 is 0 Å². The summed E-state index contributed by atoms with van der Waals surface area (Å²) in [6.45, 7) is 4.08. The number of aryl methyl sites for hydroxylation is 2. The minimum absolute atomic E-state index is 0.210. The van der Waals surface area contributed by atoms with Gasteiger partial charge in [-0.3, -0.25) is 4.79 Å². The smallest absolute Gasteiger partial charge is 0.251 e. The average Bonchev–Trinajstić information content (AvgIpc) is 2.81. The monoisotopic (exact) mass is 260 g/mol. The summed E-state index contributed by atoms with van der Waals surface area (Å²) < 4.78 is 5.02. The van der Waals surface area contributed by atoms with Crippen LogP contribution in [0.15, 0.2) is 22.7 Å². The molecule has 0 spiro atoms. The van der Waals surface area contributed by atoms with Gasteiger partial charge in [0.05, 0.1) is 12.2 Å².